The Morgan fingerprint density at radius 2 is 1.91 bits per heavy atom. The quantitative estimate of drug-likeness (QED) is 0.548. The topological polar surface area (TPSA) is 0 Å². The van der Waals surface area contributed by atoms with Crippen LogP contribution in [0.15, 0.2) is 36.4 Å². The molecule has 0 saturated heterocycles. The Balaban J connectivity index is 2.85. The number of benzene rings is 1. The molecule has 1 rings (SSSR count). The minimum Gasteiger partial charge on any atom is -0.0818 e. The summed E-state index contributed by atoms with van der Waals surface area (Å²) in [6, 6.07) is 10.4. The molecule has 0 aromatic heterocycles. The van der Waals surface area contributed by atoms with Crippen LogP contribution >= 0.6 is 45.2 Å². The summed E-state index contributed by atoms with van der Waals surface area (Å²) in [6.45, 7) is 0. The van der Waals surface area contributed by atoms with E-state index in [0.717, 1.165) is 4.43 Å². The molecule has 2 heteroatoms. The Morgan fingerprint density at radius 1 is 1.27 bits per heavy atom. The Labute approximate surface area is 94.4 Å². The standard InChI is InChI=1S/C9H8I2/c10-7-6-9(11)8-4-2-1-3-5-8/h1-6H,7H2. The highest BCUT2D eigenvalue weighted by molar-refractivity contribution is 14.1. The van der Waals surface area contributed by atoms with Crippen molar-refractivity contribution in [1.29, 1.82) is 0 Å². The molecule has 1 aromatic carbocycles. The van der Waals surface area contributed by atoms with Gasteiger partial charge in [-0.15, -0.1) is 0 Å². The van der Waals surface area contributed by atoms with E-state index in [0.29, 0.717) is 0 Å². The lowest BCUT2D eigenvalue weighted by atomic mass is 10.2. The first kappa shape index (κ1) is 9.51. The largest absolute Gasteiger partial charge is 0.0818 e. The third-order valence-electron chi connectivity index (χ3n) is 1.31. The third kappa shape index (κ3) is 3.11. The van der Waals surface area contributed by atoms with Crippen LogP contribution in [0.1, 0.15) is 5.56 Å². The molecule has 0 aliphatic heterocycles. The van der Waals surface area contributed by atoms with Gasteiger partial charge in [-0.25, -0.2) is 0 Å². The highest BCUT2D eigenvalue weighted by Crippen LogP contribution is 2.21. The summed E-state index contributed by atoms with van der Waals surface area (Å²) in [5.41, 5.74) is 1.31. The molecule has 0 aliphatic carbocycles. The van der Waals surface area contributed by atoms with Gasteiger partial charge in [-0.05, 0) is 28.2 Å². The minimum atomic E-state index is 1.07. The summed E-state index contributed by atoms with van der Waals surface area (Å²) < 4.78 is 2.41. The lowest BCUT2D eigenvalue weighted by molar-refractivity contribution is 1.65. The Kier molecular flexibility index (Phi) is 4.44. The number of hydrogen-bond acceptors (Lipinski definition) is 0. The molecule has 58 valence electrons. The zero-order chi connectivity index (χ0) is 8.10. The molecular formula is C9H8I2. The number of rotatable bonds is 2. The molecule has 11 heavy (non-hydrogen) atoms. The average molecular weight is 370 g/mol. The van der Waals surface area contributed by atoms with E-state index < -0.39 is 0 Å². The van der Waals surface area contributed by atoms with Gasteiger partial charge in [0, 0.05) is 8.01 Å². The molecule has 0 N–H and O–H groups in total. The Hall–Kier alpha value is 0.420. The van der Waals surface area contributed by atoms with Crippen LogP contribution in [-0.4, -0.2) is 4.43 Å². The highest BCUT2D eigenvalue weighted by atomic mass is 127. The molecule has 0 saturated carbocycles. The van der Waals surface area contributed by atoms with Crippen molar-refractivity contribution < 1.29 is 0 Å². The molecule has 0 fully saturated rings. The van der Waals surface area contributed by atoms with Crippen LogP contribution in [0.5, 0.6) is 0 Å². The van der Waals surface area contributed by atoms with Crippen molar-refractivity contribution in [3.8, 4) is 0 Å². The van der Waals surface area contributed by atoms with Gasteiger partial charge in [0.2, 0.25) is 0 Å². The summed E-state index contributed by atoms with van der Waals surface area (Å²) >= 11 is 4.71. The molecule has 0 atom stereocenters. The molecule has 0 heterocycles. The van der Waals surface area contributed by atoms with Gasteiger partial charge in [0.15, 0.2) is 0 Å². The summed E-state index contributed by atoms with van der Waals surface area (Å²) in [5, 5.41) is 0. The van der Waals surface area contributed by atoms with E-state index in [9.17, 15) is 0 Å². The van der Waals surface area contributed by atoms with E-state index in [4.69, 9.17) is 0 Å². The number of hydrogen-bond donors (Lipinski definition) is 0. The van der Waals surface area contributed by atoms with Crippen LogP contribution in [0.3, 0.4) is 0 Å². The fourth-order valence-corrected chi connectivity index (χ4v) is 2.65. The van der Waals surface area contributed by atoms with Crippen molar-refractivity contribution in [2.45, 2.75) is 0 Å². The summed E-state index contributed by atoms with van der Waals surface area (Å²) in [6.07, 6.45) is 2.22. The average Bonchev–Trinajstić information content (AvgIpc) is 2.07. The van der Waals surface area contributed by atoms with Crippen LogP contribution in [0.2, 0.25) is 0 Å². The van der Waals surface area contributed by atoms with E-state index in [2.05, 4.69) is 75.5 Å². The van der Waals surface area contributed by atoms with Crippen molar-refractivity contribution in [3.05, 3.63) is 42.0 Å². The molecule has 0 spiro atoms. The normalized spacial score (nSPS) is 11.6. The second kappa shape index (κ2) is 5.13. The second-order valence-electron chi connectivity index (χ2n) is 2.07. The molecule has 0 nitrogen and oxygen atoms in total. The summed E-state index contributed by atoms with van der Waals surface area (Å²) in [7, 11) is 0. The van der Waals surface area contributed by atoms with Crippen LogP contribution in [0.25, 0.3) is 3.58 Å². The molecular weight excluding hydrogens is 362 g/mol. The monoisotopic (exact) mass is 370 g/mol. The summed E-state index contributed by atoms with van der Waals surface area (Å²) in [4.78, 5) is 0. The maximum Gasteiger partial charge on any atom is 0.0189 e. The van der Waals surface area contributed by atoms with Gasteiger partial charge in [-0.2, -0.15) is 0 Å². The molecule has 0 unspecified atom stereocenters. The first-order valence-electron chi connectivity index (χ1n) is 3.31. The van der Waals surface area contributed by atoms with Gasteiger partial charge < -0.3 is 0 Å². The molecule has 1 aromatic rings. The van der Waals surface area contributed by atoms with Crippen LogP contribution in [0.4, 0.5) is 0 Å². The highest BCUT2D eigenvalue weighted by Gasteiger charge is 1.92. The van der Waals surface area contributed by atoms with E-state index >= 15 is 0 Å². The molecule has 0 bridgehead atoms. The lowest BCUT2D eigenvalue weighted by Crippen LogP contribution is -1.74. The van der Waals surface area contributed by atoms with Crippen molar-refractivity contribution in [2.75, 3.05) is 4.43 Å². The van der Waals surface area contributed by atoms with Crippen LogP contribution in [-0.2, 0) is 0 Å². The Morgan fingerprint density at radius 3 is 2.45 bits per heavy atom. The fourth-order valence-electron chi connectivity index (χ4n) is 0.783. The smallest absolute Gasteiger partial charge is 0.0189 e. The predicted octanol–water partition coefficient (Wildman–Crippen LogP) is 3.90. The van der Waals surface area contributed by atoms with Crippen molar-refractivity contribution in [1.82, 2.24) is 0 Å². The van der Waals surface area contributed by atoms with Crippen molar-refractivity contribution in [2.24, 2.45) is 0 Å². The fraction of sp³-hybridized carbons (Fsp3) is 0.111. The third-order valence-corrected chi connectivity index (χ3v) is 2.81. The van der Waals surface area contributed by atoms with Gasteiger partial charge >= 0.3 is 0 Å². The maximum absolute atomic E-state index is 2.36. The van der Waals surface area contributed by atoms with Crippen LogP contribution < -0.4 is 0 Å². The molecule has 0 amide bonds. The first-order valence-corrected chi connectivity index (χ1v) is 5.92. The maximum atomic E-state index is 2.36. The van der Waals surface area contributed by atoms with Crippen molar-refractivity contribution in [3.63, 3.8) is 0 Å². The number of allylic oxidation sites excluding steroid dienone is 1. The van der Waals surface area contributed by atoms with Gasteiger partial charge in [-0.3, -0.25) is 0 Å². The van der Waals surface area contributed by atoms with E-state index in [1.54, 1.807) is 0 Å². The van der Waals surface area contributed by atoms with Gasteiger partial charge in [0.1, 0.15) is 0 Å². The molecule has 0 radical (unpaired) electrons. The number of alkyl halides is 1. The van der Waals surface area contributed by atoms with Gasteiger partial charge in [0.05, 0.1) is 0 Å². The first-order chi connectivity index (χ1) is 5.34. The van der Waals surface area contributed by atoms with E-state index in [-0.39, 0.29) is 0 Å². The van der Waals surface area contributed by atoms with Crippen molar-refractivity contribution >= 4 is 48.8 Å². The van der Waals surface area contributed by atoms with Gasteiger partial charge in [-0.1, -0.05) is 59.0 Å². The predicted molar refractivity (Wildman–Crippen MR) is 67.3 cm³/mol. The van der Waals surface area contributed by atoms with Crippen LogP contribution in [0, 0.1) is 0 Å². The Bertz CT molecular complexity index is 239. The zero-order valence-electron chi connectivity index (χ0n) is 5.93. The number of halogens is 2. The van der Waals surface area contributed by atoms with E-state index in [1.807, 2.05) is 6.07 Å². The van der Waals surface area contributed by atoms with E-state index in [1.165, 1.54) is 9.14 Å². The second-order valence-corrected chi connectivity index (χ2v) is 4.12. The lowest BCUT2D eigenvalue weighted by Gasteiger charge is -1.96. The van der Waals surface area contributed by atoms with Gasteiger partial charge in [0.25, 0.3) is 0 Å². The minimum absolute atomic E-state index is 1.07. The zero-order valence-corrected chi connectivity index (χ0v) is 10.2. The summed E-state index contributed by atoms with van der Waals surface area (Å²) in [5.74, 6) is 0. The molecule has 0 aliphatic rings. The SMILES string of the molecule is ICC=C(I)c1ccccc1.